The van der Waals surface area contributed by atoms with Gasteiger partial charge in [0.1, 0.15) is 5.82 Å². The van der Waals surface area contributed by atoms with E-state index in [9.17, 15) is 4.39 Å². The van der Waals surface area contributed by atoms with Crippen LogP contribution in [0.25, 0.3) is 0 Å². The highest BCUT2D eigenvalue weighted by Crippen LogP contribution is 2.15. The molecule has 3 nitrogen and oxygen atoms in total. The zero-order valence-corrected chi connectivity index (χ0v) is 11.0. The van der Waals surface area contributed by atoms with Crippen LogP contribution in [-0.2, 0) is 13.1 Å². The summed E-state index contributed by atoms with van der Waals surface area (Å²) in [6, 6.07) is 9.33. The predicted octanol–water partition coefficient (Wildman–Crippen LogP) is 2.83. The zero-order valence-electron chi connectivity index (χ0n) is 11.0. The molecule has 2 aromatic rings. The molecule has 0 aliphatic rings. The van der Waals surface area contributed by atoms with Gasteiger partial charge in [-0.25, -0.2) is 4.39 Å². The summed E-state index contributed by atoms with van der Waals surface area (Å²) in [6.45, 7) is 4.35. The Morgan fingerprint density at radius 3 is 2.68 bits per heavy atom. The number of para-hydroxylation sites is 1. The Morgan fingerprint density at radius 2 is 2.00 bits per heavy atom. The fraction of sp³-hybridized carbons (Fsp3) is 0.267. The molecule has 0 bridgehead atoms. The Labute approximate surface area is 112 Å². The van der Waals surface area contributed by atoms with E-state index in [1.807, 2.05) is 24.3 Å². The molecule has 0 radical (unpaired) electrons. The maximum atomic E-state index is 13.1. The molecule has 0 atom stereocenters. The highest BCUT2D eigenvalue weighted by molar-refractivity contribution is 5.46. The van der Waals surface area contributed by atoms with E-state index in [1.54, 1.807) is 6.20 Å². The molecule has 2 N–H and O–H groups in total. The summed E-state index contributed by atoms with van der Waals surface area (Å²) in [4.78, 5) is 6.07. The van der Waals surface area contributed by atoms with Gasteiger partial charge < -0.3 is 5.73 Å². The van der Waals surface area contributed by atoms with Gasteiger partial charge in [0.15, 0.2) is 0 Å². The number of nitrogens with zero attached hydrogens (tertiary/aromatic N) is 2. The summed E-state index contributed by atoms with van der Waals surface area (Å²) >= 11 is 0. The molecular formula is C15H18FN3. The summed E-state index contributed by atoms with van der Waals surface area (Å²) in [6.07, 6.45) is 2.91. The second-order valence-electron chi connectivity index (χ2n) is 4.51. The van der Waals surface area contributed by atoms with E-state index in [1.165, 1.54) is 12.3 Å². The number of nitrogens with two attached hydrogens (primary N) is 1. The van der Waals surface area contributed by atoms with E-state index in [4.69, 9.17) is 5.73 Å². The highest BCUT2D eigenvalue weighted by atomic mass is 19.1. The third kappa shape index (κ3) is 3.76. The fourth-order valence-corrected chi connectivity index (χ4v) is 2.00. The average Bonchev–Trinajstić information content (AvgIpc) is 2.40. The first kappa shape index (κ1) is 13.5. The second-order valence-corrected chi connectivity index (χ2v) is 4.51. The third-order valence-corrected chi connectivity index (χ3v) is 3.06. The van der Waals surface area contributed by atoms with Gasteiger partial charge in [-0.3, -0.25) is 9.88 Å². The molecule has 2 rings (SSSR count). The maximum Gasteiger partial charge on any atom is 0.141 e. The smallest absolute Gasteiger partial charge is 0.141 e. The van der Waals surface area contributed by atoms with Gasteiger partial charge in [0.2, 0.25) is 0 Å². The van der Waals surface area contributed by atoms with Crippen LogP contribution >= 0.6 is 0 Å². The van der Waals surface area contributed by atoms with E-state index >= 15 is 0 Å². The van der Waals surface area contributed by atoms with Crippen LogP contribution in [0.1, 0.15) is 18.1 Å². The van der Waals surface area contributed by atoms with Gasteiger partial charge in [-0.2, -0.15) is 0 Å². The van der Waals surface area contributed by atoms with Crippen molar-refractivity contribution < 1.29 is 4.39 Å². The number of benzene rings is 1. The van der Waals surface area contributed by atoms with Crippen LogP contribution in [0.4, 0.5) is 10.1 Å². The van der Waals surface area contributed by atoms with E-state index in [0.717, 1.165) is 29.9 Å². The Kier molecular flexibility index (Phi) is 4.47. The van der Waals surface area contributed by atoms with E-state index < -0.39 is 0 Å². The Morgan fingerprint density at radius 1 is 1.21 bits per heavy atom. The first-order valence-corrected chi connectivity index (χ1v) is 6.34. The maximum absolute atomic E-state index is 13.1. The van der Waals surface area contributed by atoms with Crippen molar-refractivity contribution in [3.63, 3.8) is 0 Å². The first-order chi connectivity index (χ1) is 9.19. The van der Waals surface area contributed by atoms with Gasteiger partial charge >= 0.3 is 0 Å². The molecule has 0 unspecified atom stereocenters. The van der Waals surface area contributed by atoms with Gasteiger partial charge in [0, 0.05) is 25.0 Å². The summed E-state index contributed by atoms with van der Waals surface area (Å²) in [5, 5.41) is 0. The van der Waals surface area contributed by atoms with Crippen molar-refractivity contribution in [1.29, 1.82) is 0 Å². The number of rotatable bonds is 5. The molecule has 0 saturated heterocycles. The summed E-state index contributed by atoms with van der Waals surface area (Å²) in [5.74, 6) is -0.298. The van der Waals surface area contributed by atoms with Crippen LogP contribution in [0, 0.1) is 5.82 Å². The molecule has 0 aliphatic heterocycles. The van der Waals surface area contributed by atoms with Gasteiger partial charge in [-0.05, 0) is 29.8 Å². The minimum Gasteiger partial charge on any atom is -0.398 e. The topological polar surface area (TPSA) is 42.2 Å². The number of hydrogen-bond acceptors (Lipinski definition) is 3. The minimum atomic E-state index is -0.298. The molecule has 100 valence electrons. The minimum absolute atomic E-state index is 0.298. The van der Waals surface area contributed by atoms with Crippen LogP contribution < -0.4 is 5.73 Å². The standard InChI is InChI=1S/C15H18FN3/c1-2-19(10-12-7-14(16)9-18-8-12)11-13-5-3-4-6-15(13)17/h3-9H,2,10-11,17H2,1H3. The van der Waals surface area contributed by atoms with Crippen molar-refractivity contribution in [3.8, 4) is 0 Å². The van der Waals surface area contributed by atoms with Gasteiger partial charge in [-0.1, -0.05) is 25.1 Å². The SMILES string of the molecule is CCN(Cc1cncc(F)c1)Cc1ccccc1N. The molecule has 0 saturated carbocycles. The highest BCUT2D eigenvalue weighted by Gasteiger charge is 2.07. The summed E-state index contributed by atoms with van der Waals surface area (Å²) in [5.41, 5.74) is 8.70. The van der Waals surface area contributed by atoms with E-state index in [0.29, 0.717) is 6.54 Å². The number of anilines is 1. The number of halogens is 1. The Bertz CT molecular complexity index is 542. The molecule has 0 fully saturated rings. The van der Waals surface area contributed by atoms with Crippen molar-refractivity contribution in [2.45, 2.75) is 20.0 Å². The van der Waals surface area contributed by atoms with Crippen LogP contribution in [0.5, 0.6) is 0 Å². The average molecular weight is 259 g/mol. The number of nitrogen functional groups attached to an aromatic ring is 1. The van der Waals surface area contributed by atoms with E-state index in [2.05, 4.69) is 16.8 Å². The van der Waals surface area contributed by atoms with Crippen LogP contribution in [0.3, 0.4) is 0 Å². The molecule has 0 spiro atoms. The van der Waals surface area contributed by atoms with Gasteiger partial charge in [-0.15, -0.1) is 0 Å². The quantitative estimate of drug-likeness (QED) is 0.840. The summed E-state index contributed by atoms with van der Waals surface area (Å²) < 4.78 is 13.1. The lowest BCUT2D eigenvalue weighted by atomic mass is 10.1. The van der Waals surface area contributed by atoms with E-state index in [-0.39, 0.29) is 5.82 Å². The fourth-order valence-electron chi connectivity index (χ4n) is 2.00. The Hall–Kier alpha value is -1.94. The van der Waals surface area contributed by atoms with Gasteiger partial charge in [0.05, 0.1) is 6.20 Å². The monoisotopic (exact) mass is 259 g/mol. The van der Waals surface area contributed by atoms with Gasteiger partial charge in [0.25, 0.3) is 0 Å². The molecular weight excluding hydrogens is 241 g/mol. The lowest BCUT2D eigenvalue weighted by molar-refractivity contribution is 0.271. The summed E-state index contributed by atoms with van der Waals surface area (Å²) in [7, 11) is 0. The molecule has 0 amide bonds. The van der Waals surface area contributed by atoms with Crippen molar-refractivity contribution in [2.75, 3.05) is 12.3 Å². The van der Waals surface area contributed by atoms with Crippen LogP contribution in [0.2, 0.25) is 0 Å². The zero-order chi connectivity index (χ0) is 13.7. The predicted molar refractivity (Wildman–Crippen MR) is 74.8 cm³/mol. The number of hydrogen-bond donors (Lipinski definition) is 1. The largest absolute Gasteiger partial charge is 0.398 e. The number of aromatic nitrogens is 1. The number of pyridine rings is 1. The third-order valence-electron chi connectivity index (χ3n) is 3.06. The molecule has 0 aliphatic carbocycles. The first-order valence-electron chi connectivity index (χ1n) is 6.34. The van der Waals surface area contributed by atoms with Crippen molar-refractivity contribution in [3.05, 3.63) is 59.7 Å². The van der Waals surface area contributed by atoms with Crippen molar-refractivity contribution >= 4 is 5.69 Å². The lowest BCUT2D eigenvalue weighted by Gasteiger charge is -2.21. The Balaban J connectivity index is 2.07. The molecule has 1 heterocycles. The van der Waals surface area contributed by atoms with Crippen molar-refractivity contribution in [1.82, 2.24) is 9.88 Å². The molecule has 19 heavy (non-hydrogen) atoms. The molecule has 1 aromatic heterocycles. The van der Waals surface area contributed by atoms with Crippen LogP contribution in [0.15, 0.2) is 42.7 Å². The molecule has 1 aromatic carbocycles. The van der Waals surface area contributed by atoms with Crippen molar-refractivity contribution in [2.24, 2.45) is 0 Å². The lowest BCUT2D eigenvalue weighted by Crippen LogP contribution is -2.23. The van der Waals surface area contributed by atoms with Crippen LogP contribution in [-0.4, -0.2) is 16.4 Å². The normalized spacial score (nSPS) is 10.9. The second kappa shape index (κ2) is 6.29. The molecule has 4 heteroatoms.